The first-order valence-corrected chi connectivity index (χ1v) is 6.58. The second-order valence-corrected chi connectivity index (χ2v) is 6.24. The molecule has 2 atom stereocenters. The van der Waals surface area contributed by atoms with Crippen LogP contribution in [0.1, 0.15) is 18.4 Å². The Balaban J connectivity index is 2.26. The highest BCUT2D eigenvalue weighted by Crippen LogP contribution is 2.61. The van der Waals surface area contributed by atoms with Crippen molar-refractivity contribution in [1.29, 1.82) is 0 Å². The lowest BCUT2D eigenvalue weighted by molar-refractivity contribution is -0.127. The van der Waals surface area contributed by atoms with Crippen molar-refractivity contribution in [3.05, 3.63) is 29.8 Å². The highest BCUT2D eigenvalue weighted by atomic mass is 35.5. The van der Waals surface area contributed by atoms with E-state index >= 15 is 0 Å². The minimum atomic E-state index is -1.31. The van der Waals surface area contributed by atoms with Crippen molar-refractivity contribution in [2.75, 3.05) is 0 Å². The van der Waals surface area contributed by atoms with E-state index in [1.807, 2.05) is 18.2 Å². The molecule has 0 saturated heterocycles. The lowest BCUT2D eigenvalue weighted by atomic mass is 9.27. The van der Waals surface area contributed by atoms with Crippen LogP contribution in [-0.4, -0.2) is 35.5 Å². The predicted molar refractivity (Wildman–Crippen MR) is 80.4 cm³/mol. The Morgan fingerprint density at radius 2 is 1.89 bits per heavy atom. The number of nitrogens with two attached hydrogens (primary N) is 1. The molecule has 1 heterocycles. The van der Waals surface area contributed by atoms with Crippen LogP contribution in [-0.2, 0) is 10.3 Å². The van der Waals surface area contributed by atoms with Gasteiger partial charge in [-0.2, -0.15) is 11.5 Å². The summed E-state index contributed by atoms with van der Waals surface area (Å²) in [5, 5.41) is -2.32. The molecule has 2 N–H and O–H groups in total. The first-order chi connectivity index (χ1) is 8.72. The quantitative estimate of drug-likeness (QED) is 0.668. The molecule has 0 amide bonds. The number of hydrogen-bond donors (Lipinski definition) is 1. The number of rotatable bonds is 0. The smallest absolute Gasteiger partial charge is 0.283 e. The Morgan fingerprint density at radius 3 is 2.58 bits per heavy atom. The van der Waals surface area contributed by atoms with Crippen LogP contribution in [0.2, 0.25) is 10.4 Å². The molecule has 19 heavy (non-hydrogen) atoms. The van der Waals surface area contributed by atoms with Crippen LogP contribution in [0.4, 0.5) is 0 Å². The Morgan fingerprint density at radius 1 is 1.26 bits per heavy atom. The zero-order valence-corrected chi connectivity index (χ0v) is 11.2. The molecule has 1 aliphatic heterocycles. The number of ketones is 1. The van der Waals surface area contributed by atoms with Gasteiger partial charge in [-0.3, -0.25) is 4.79 Å². The minimum Gasteiger partial charge on any atom is -0.316 e. The summed E-state index contributed by atoms with van der Waals surface area (Å²) in [5.41, 5.74) is 6.57. The van der Waals surface area contributed by atoms with Gasteiger partial charge in [-0.15, -0.1) is 0 Å². The first-order valence-electron chi connectivity index (χ1n) is 6.15. The van der Waals surface area contributed by atoms with Gasteiger partial charge >= 0.3 is 0 Å². The molecule has 0 spiro atoms. The molecular formula is C12H10B4ClNO. The summed E-state index contributed by atoms with van der Waals surface area (Å²) in [5.74, 6) is -0.248. The van der Waals surface area contributed by atoms with E-state index < -0.39 is 22.1 Å². The fourth-order valence-electron chi connectivity index (χ4n) is 3.49. The summed E-state index contributed by atoms with van der Waals surface area (Å²) >= 11 is 6.47. The van der Waals surface area contributed by atoms with Gasteiger partial charge in [0, 0.05) is 0 Å². The van der Waals surface area contributed by atoms with Crippen LogP contribution in [0.25, 0.3) is 0 Å². The Bertz CT molecular complexity index is 581. The SMILES string of the molecule is [B]C1([B])CC(=O)C2(N)c3ccccc3B(Cl)C2([B])C1. The molecule has 3 rings (SSSR count). The van der Waals surface area contributed by atoms with E-state index in [4.69, 9.17) is 40.7 Å². The lowest BCUT2D eigenvalue weighted by Crippen LogP contribution is -2.60. The molecule has 1 aromatic rings. The average molecular weight is 263 g/mol. The monoisotopic (exact) mass is 263 g/mol. The zero-order valence-electron chi connectivity index (χ0n) is 10.4. The van der Waals surface area contributed by atoms with Crippen LogP contribution >= 0.6 is 11.5 Å². The highest BCUT2D eigenvalue weighted by Gasteiger charge is 2.65. The van der Waals surface area contributed by atoms with Crippen molar-refractivity contribution < 1.29 is 4.79 Å². The maximum absolute atomic E-state index is 12.5. The molecule has 1 fully saturated rings. The third kappa shape index (κ3) is 1.50. The van der Waals surface area contributed by atoms with Crippen LogP contribution < -0.4 is 11.2 Å². The maximum Gasteiger partial charge on any atom is 0.283 e. The molecule has 88 valence electrons. The molecule has 7 heteroatoms. The molecular weight excluding hydrogens is 253 g/mol. The van der Waals surface area contributed by atoms with Gasteiger partial charge in [-0.1, -0.05) is 41.4 Å². The maximum atomic E-state index is 12.5. The van der Waals surface area contributed by atoms with Crippen molar-refractivity contribution in [2.24, 2.45) is 5.73 Å². The van der Waals surface area contributed by atoms with Gasteiger partial charge in [0.25, 0.3) is 6.13 Å². The lowest BCUT2D eigenvalue weighted by Gasteiger charge is -2.52. The van der Waals surface area contributed by atoms with E-state index in [9.17, 15) is 4.79 Å². The fraction of sp³-hybridized carbons (Fsp3) is 0.417. The Kier molecular flexibility index (Phi) is 2.63. The zero-order chi connectivity index (χ0) is 14.1. The summed E-state index contributed by atoms with van der Waals surface area (Å²) in [7, 11) is 18.3. The molecule has 2 nitrogen and oxygen atoms in total. The number of fused-ring (bicyclic) bond motifs is 3. The van der Waals surface area contributed by atoms with E-state index in [-0.39, 0.29) is 18.6 Å². The fourth-order valence-corrected chi connectivity index (χ4v) is 3.93. The number of halogens is 1. The van der Waals surface area contributed by atoms with Gasteiger partial charge in [0.2, 0.25) is 0 Å². The largest absolute Gasteiger partial charge is 0.316 e. The van der Waals surface area contributed by atoms with E-state index in [0.717, 1.165) is 5.46 Å². The molecule has 0 aromatic heterocycles. The number of carbonyl (C=O) groups is 1. The highest BCUT2D eigenvalue weighted by molar-refractivity contribution is 7.19. The van der Waals surface area contributed by atoms with Crippen LogP contribution in [0.15, 0.2) is 24.3 Å². The third-order valence-electron chi connectivity index (χ3n) is 4.40. The van der Waals surface area contributed by atoms with Gasteiger partial charge in [0.1, 0.15) is 0 Å². The average Bonchev–Trinajstić information content (AvgIpc) is 2.49. The first kappa shape index (κ1) is 13.4. The van der Waals surface area contributed by atoms with E-state index in [1.54, 1.807) is 6.07 Å². The second-order valence-electron chi connectivity index (χ2n) is 5.81. The molecule has 2 aliphatic rings. The number of Topliss-reactive ketones (excluding diaryl/α,β-unsaturated/α-hetero) is 1. The normalized spacial score (nSPS) is 35.9. The van der Waals surface area contributed by atoms with Gasteiger partial charge in [0.15, 0.2) is 5.78 Å². The second kappa shape index (κ2) is 3.73. The van der Waals surface area contributed by atoms with E-state index in [2.05, 4.69) is 0 Å². The van der Waals surface area contributed by atoms with Crippen LogP contribution in [0, 0.1) is 0 Å². The van der Waals surface area contributed by atoms with Crippen molar-refractivity contribution in [3.8, 4) is 0 Å². The van der Waals surface area contributed by atoms with Crippen LogP contribution in [0.3, 0.4) is 0 Å². The van der Waals surface area contributed by atoms with Crippen LogP contribution in [0.5, 0.6) is 0 Å². The standard InChI is InChI=1S/C12H10B4ClNO/c13-10(14)5-9(19)12(18)7-3-1-2-4-8(7)16(17)11(12,15)6-10/h1-4H,5-6,18H2. The Hall–Kier alpha value is -0.600. The number of hydrogen-bond acceptors (Lipinski definition) is 2. The van der Waals surface area contributed by atoms with E-state index in [0.29, 0.717) is 5.56 Å². The summed E-state index contributed by atoms with van der Waals surface area (Å²) in [6, 6.07) is 7.32. The molecule has 1 aromatic carbocycles. The third-order valence-corrected chi connectivity index (χ3v) is 5.02. The van der Waals surface area contributed by atoms with Gasteiger partial charge in [-0.25, -0.2) is 0 Å². The molecule has 1 saturated carbocycles. The number of benzene rings is 1. The molecule has 1 aliphatic carbocycles. The summed E-state index contributed by atoms with van der Waals surface area (Å²) in [6.45, 7) is 0. The predicted octanol–water partition coefficient (Wildman–Crippen LogP) is -0.0260. The minimum absolute atomic E-state index is 0.000390. The van der Waals surface area contributed by atoms with Crippen molar-refractivity contribution in [2.45, 2.75) is 28.8 Å². The summed E-state index contributed by atoms with van der Waals surface area (Å²) in [4.78, 5) is 12.5. The van der Waals surface area contributed by atoms with Crippen molar-refractivity contribution in [1.82, 2.24) is 0 Å². The molecule has 2 unspecified atom stereocenters. The summed E-state index contributed by atoms with van der Waals surface area (Å²) in [6.07, 6.45) is -0.379. The van der Waals surface area contributed by atoms with Crippen molar-refractivity contribution >= 4 is 52.4 Å². The van der Waals surface area contributed by atoms with Gasteiger partial charge in [-0.05, 0) is 17.2 Å². The summed E-state index contributed by atoms with van der Waals surface area (Å²) < 4.78 is 0. The topological polar surface area (TPSA) is 43.1 Å². The van der Waals surface area contributed by atoms with E-state index in [1.165, 1.54) is 0 Å². The molecule has 6 radical (unpaired) electrons. The molecule has 0 bridgehead atoms. The van der Waals surface area contributed by atoms with Gasteiger partial charge < -0.3 is 5.73 Å². The number of carbonyl (C=O) groups excluding carboxylic acids is 1. The van der Waals surface area contributed by atoms with Gasteiger partial charge in [0.05, 0.1) is 29.1 Å². The van der Waals surface area contributed by atoms with Crippen molar-refractivity contribution in [3.63, 3.8) is 0 Å². The Labute approximate surface area is 122 Å².